The highest BCUT2D eigenvalue weighted by molar-refractivity contribution is 5.31. The van der Waals surface area contributed by atoms with Crippen molar-refractivity contribution in [2.24, 2.45) is 0 Å². The maximum atomic E-state index is 9.73. The summed E-state index contributed by atoms with van der Waals surface area (Å²) in [7, 11) is 0. The number of hydrogen-bond acceptors (Lipinski definition) is 3. The third-order valence-electron chi connectivity index (χ3n) is 3.93. The predicted octanol–water partition coefficient (Wildman–Crippen LogP) is 2.79. The lowest BCUT2D eigenvalue weighted by Gasteiger charge is -2.21. The van der Waals surface area contributed by atoms with Crippen molar-refractivity contribution in [2.45, 2.75) is 57.7 Å². The number of para-hydroxylation sites is 1. The molecule has 0 spiro atoms. The average molecular weight is 262 g/mol. The summed E-state index contributed by atoms with van der Waals surface area (Å²) >= 11 is 0. The first-order valence-electron chi connectivity index (χ1n) is 7.49. The third kappa shape index (κ3) is 4.84. The van der Waals surface area contributed by atoms with Gasteiger partial charge in [-0.15, -0.1) is 0 Å². The van der Waals surface area contributed by atoms with E-state index in [0.29, 0.717) is 17.8 Å². The fraction of sp³-hybridized carbons (Fsp3) is 0.625. The lowest BCUT2D eigenvalue weighted by atomic mass is 10.0. The van der Waals surface area contributed by atoms with Crippen LogP contribution >= 0.6 is 0 Å². The standard InChI is InChI=1S/C16H26N2O/c1-13(11-15-8-3-2-6-10-17-15)18-12-14-7-4-5-9-16(14)19/h4-5,7,9,13,15,17-19H,2-3,6,8,10-12H2,1H3. The van der Waals surface area contributed by atoms with Gasteiger partial charge in [0.1, 0.15) is 5.75 Å². The zero-order valence-electron chi connectivity index (χ0n) is 11.9. The Balaban J connectivity index is 1.74. The molecular formula is C16H26N2O. The molecule has 2 unspecified atom stereocenters. The summed E-state index contributed by atoms with van der Waals surface area (Å²) < 4.78 is 0. The van der Waals surface area contributed by atoms with E-state index in [9.17, 15) is 5.11 Å². The maximum absolute atomic E-state index is 9.73. The van der Waals surface area contributed by atoms with E-state index in [2.05, 4.69) is 17.6 Å². The molecule has 106 valence electrons. The molecule has 1 aliphatic heterocycles. The van der Waals surface area contributed by atoms with Crippen LogP contribution in [-0.2, 0) is 6.54 Å². The van der Waals surface area contributed by atoms with Gasteiger partial charge < -0.3 is 15.7 Å². The first-order valence-corrected chi connectivity index (χ1v) is 7.49. The molecule has 1 fully saturated rings. The minimum atomic E-state index is 0.384. The van der Waals surface area contributed by atoms with Crippen LogP contribution in [-0.4, -0.2) is 23.7 Å². The van der Waals surface area contributed by atoms with Gasteiger partial charge in [0.2, 0.25) is 0 Å². The summed E-state index contributed by atoms with van der Waals surface area (Å²) in [5, 5.41) is 16.9. The summed E-state index contributed by atoms with van der Waals surface area (Å²) in [4.78, 5) is 0. The lowest BCUT2D eigenvalue weighted by molar-refractivity contribution is 0.398. The topological polar surface area (TPSA) is 44.3 Å². The summed E-state index contributed by atoms with van der Waals surface area (Å²) in [5.74, 6) is 0.384. The molecule has 2 atom stereocenters. The second-order valence-electron chi connectivity index (χ2n) is 5.65. The first kappa shape index (κ1) is 14.4. The number of phenols is 1. The molecule has 1 heterocycles. The van der Waals surface area contributed by atoms with Crippen LogP contribution in [0.1, 0.15) is 44.6 Å². The van der Waals surface area contributed by atoms with Crippen LogP contribution in [0.2, 0.25) is 0 Å². The van der Waals surface area contributed by atoms with Crippen molar-refractivity contribution in [2.75, 3.05) is 6.54 Å². The van der Waals surface area contributed by atoms with Gasteiger partial charge in [-0.05, 0) is 38.8 Å². The third-order valence-corrected chi connectivity index (χ3v) is 3.93. The smallest absolute Gasteiger partial charge is 0.120 e. The SMILES string of the molecule is CC(CC1CCCCCN1)NCc1ccccc1O. The van der Waals surface area contributed by atoms with Gasteiger partial charge in [0.05, 0.1) is 0 Å². The van der Waals surface area contributed by atoms with Crippen LogP contribution in [0.25, 0.3) is 0 Å². The van der Waals surface area contributed by atoms with Gasteiger partial charge in [-0.25, -0.2) is 0 Å². The Morgan fingerprint density at radius 1 is 1.32 bits per heavy atom. The minimum Gasteiger partial charge on any atom is -0.508 e. The van der Waals surface area contributed by atoms with Crippen molar-refractivity contribution >= 4 is 0 Å². The van der Waals surface area contributed by atoms with E-state index < -0.39 is 0 Å². The highest BCUT2D eigenvalue weighted by atomic mass is 16.3. The number of phenolic OH excluding ortho intramolecular Hbond substituents is 1. The molecule has 19 heavy (non-hydrogen) atoms. The number of benzene rings is 1. The molecule has 1 saturated heterocycles. The molecule has 1 aliphatic rings. The fourth-order valence-electron chi connectivity index (χ4n) is 2.76. The first-order chi connectivity index (χ1) is 9.25. The van der Waals surface area contributed by atoms with Gasteiger partial charge >= 0.3 is 0 Å². The van der Waals surface area contributed by atoms with E-state index >= 15 is 0 Å². The van der Waals surface area contributed by atoms with Crippen molar-refractivity contribution in [1.82, 2.24) is 10.6 Å². The van der Waals surface area contributed by atoms with E-state index in [1.807, 2.05) is 18.2 Å². The number of aromatic hydroxyl groups is 1. The van der Waals surface area contributed by atoms with Crippen LogP contribution in [0.15, 0.2) is 24.3 Å². The largest absolute Gasteiger partial charge is 0.508 e. The van der Waals surface area contributed by atoms with E-state index in [4.69, 9.17) is 0 Å². The van der Waals surface area contributed by atoms with Gasteiger partial charge in [-0.1, -0.05) is 31.0 Å². The fourth-order valence-corrected chi connectivity index (χ4v) is 2.76. The molecule has 0 bridgehead atoms. The number of hydrogen-bond donors (Lipinski definition) is 3. The van der Waals surface area contributed by atoms with Crippen molar-refractivity contribution in [3.05, 3.63) is 29.8 Å². The second kappa shape index (κ2) is 7.51. The van der Waals surface area contributed by atoms with Crippen LogP contribution in [0.4, 0.5) is 0 Å². The molecule has 1 aromatic rings. The Bertz CT molecular complexity index is 373. The Labute approximate surface area is 116 Å². The minimum absolute atomic E-state index is 0.384. The van der Waals surface area contributed by atoms with Crippen molar-refractivity contribution in [3.63, 3.8) is 0 Å². The molecule has 0 radical (unpaired) electrons. The molecule has 3 N–H and O–H groups in total. The highest BCUT2D eigenvalue weighted by Crippen LogP contribution is 2.16. The van der Waals surface area contributed by atoms with Gasteiger partial charge in [0.15, 0.2) is 0 Å². The molecule has 3 heteroatoms. The molecule has 0 amide bonds. The zero-order valence-corrected chi connectivity index (χ0v) is 11.9. The van der Waals surface area contributed by atoms with E-state index in [1.54, 1.807) is 6.07 Å². The van der Waals surface area contributed by atoms with Gasteiger partial charge in [0, 0.05) is 24.2 Å². The molecule has 3 nitrogen and oxygen atoms in total. The van der Waals surface area contributed by atoms with Gasteiger partial charge in [0.25, 0.3) is 0 Å². The summed E-state index contributed by atoms with van der Waals surface area (Å²) in [6.07, 6.45) is 6.49. The maximum Gasteiger partial charge on any atom is 0.120 e. The van der Waals surface area contributed by atoms with E-state index in [1.165, 1.54) is 25.7 Å². The Morgan fingerprint density at radius 2 is 2.16 bits per heavy atom. The zero-order chi connectivity index (χ0) is 13.5. The molecule has 0 aliphatic carbocycles. The van der Waals surface area contributed by atoms with Crippen LogP contribution in [0.5, 0.6) is 5.75 Å². The molecule has 2 rings (SSSR count). The summed E-state index contributed by atoms with van der Waals surface area (Å²) in [6, 6.07) is 8.66. The summed E-state index contributed by atoms with van der Waals surface area (Å²) in [5.41, 5.74) is 0.975. The Hall–Kier alpha value is -1.06. The second-order valence-corrected chi connectivity index (χ2v) is 5.65. The van der Waals surface area contributed by atoms with Crippen LogP contribution in [0, 0.1) is 0 Å². The van der Waals surface area contributed by atoms with Crippen LogP contribution < -0.4 is 10.6 Å². The molecule has 1 aromatic carbocycles. The lowest BCUT2D eigenvalue weighted by Crippen LogP contribution is -2.36. The average Bonchev–Trinajstić information content (AvgIpc) is 2.66. The molecule has 0 saturated carbocycles. The normalized spacial score (nSPS) is 21.8. The van der Waals surface area contributed by atoms with Crippen molar-refractivity contribution in [3.8, 4) is 5.75 Å². The van der Waals surface area contributed by atoms with Gasteiger partial charge in [-0.2, -0.15) is 0 Å². The van der Waals surface area contributed by atoms with E-state index in [-0.39, 0.29) is 0 Å². The number of rotatable bonds is 5. The molecular weight excluding hydrogens is 236 g/mol. The van der Waals surface area contributed by atoms with E-state index in [0.717, 1.165) is 25.1 Å². The monoisotopic (exact) mass is 262 g/mol. The predicted molar refractivity (Wildman–Crippen MR) is 79.3 cm³/mol. The molecule has 0 aromatic heterocycles. The van der Waals surface area contributed by atoms with Crippen molar-refractivity contribution < 1.29 is 5.11 Å². The van der Waals surface area contributed by atoms with Crippen molar-refractivity contribution in [1.29, 1.82) is 0 Å². The quantitative estimate of drug-likeness (QED) is 0.764. The Morgan fingerprint density at radius 3 is 3.00 bits per heavy atom. The Kier molecular flexibility index (Phi) is 5.67. The number of nitrogens with one attached hydrogen (secondary N) is 2. The van der Waals surface area contributed by atoms with Gasteiger partial charge in [-0.3, -0.25) is 0 Å². The van der Waals surface area contributed by atoms with Crippen LogP contribution in [0.3, 0.4) is 0 Å². The summed E-state index contributed by atoms with van der Waals surface area (Å²) in [6.45, 7) is 4.13. The highest BCUT2D eigenvalue weighted by Gasteiger charge is 2.14.